The standard InChI is InChI=1S/C29H35N7OS/c1-20(10-11-23-22(3)24(12-13-29(23,4)5)35-15-14-30-17-35)8-7-9-21(2)16-25(37)33-36-19-32-27-26(28(36)38)31-18-34(27)6/h7-11,14-19,24H,12-13H2,1-6H3,(H,33,37). The minimum atomic E-state index is -0.296. The molecule has 0 aliphatic heterocycles. The Kier molecular flexibility index (Phi) is 8.06. The van der Waals surface area contributed by atoms with E-state index in [1.165, 1.54) is 28.2 Å². The molecule has 9 heteroatoms. The first kappa shape index (κ1) is 27.2. The summed E-state index contributed by atoms with van der Waals surface area (Å²) >= 11 is 5.43. The number of hydrogen-bond acceptors (Lipinski definition) is 5. The van der Waals surface area contributed by atoms with Gasteiger partial charge in [0.05, 0.1) is 18.7 Å². The van der Waals surface area contributed by atoms with Crippen LogP contribution in [0.1, 0.15) is 53.5 Å². The molecular weight excluding hydrogens is 494 g/mol. The summed E-state index contributed by atoms with van der Waals surface area (Å²) in [6.45, 7) is 10.8. The van der Waals surface area contributed by atoms with Crippen LogP contribution in [-0.2, 0) is 11.8 Å². The molecule has 8 nitrogen and oxygen atoms in total. The van der Waals surface area contributed by atoms with Crippen molar-refractivity contribution in [2.75, 3.05) is 5.43 Å². The average Bonchev–Trinajstić information content (AvgIpc) is 3.51. The van der Waals surface area contributed by atoms with E-state index in [0.29, 0.717) is 21.8 Å². The second-order valence-corrected chi connectivity index (χ2v) is 10.8. The molecule has 0 radical (unpaired) electrons. The van der Waals surface area contributed by atoms with Crippen molar-refractivity contribution >= 4 is 29.3 Å². The van der Waals surface area contributed by atoms with Gasteiger partial charge in [-0.05, 0) is 55.7 Å². The smallest absolute Gasteiger partial charge is 0.263 e. The molecule has 1 amide bonds. The normalized spacial score (nSPS) is 18.7. The molecule has 0 saturated heterocycles. The number of aryl methyl sites for hydroxylation is 1. The third-order valence-electron chi connectivity index (χ3n) is 7.02. The summed E-state index contributed by atoms with van der Waals surface area (Å²) in [5.74, 6) is -0.296. The summed E-state index contributed by atoms with van der Waals surface area (Å²) in [6.07, 6.45) is 23.0. The lowest BCUT2D eigenvalue weighted by molar-refractivity contribution is -0.112. The molecule has 0 fully saturated rings. The van der Waals surface area contributed by atoms with E-state index >= 15 is 0 Å². The maximum Gasteiger partial charge on any atom is 0.263 e. The van der Waals surface area contributed by atoms with Gasteiger partial charge in [0.1, 0.15) is 11.8 Å². The number of amides is 1. The highest BCUT2D eigenvalue weighted by atomic mass is 32.1. The van der Waals surface area contributed by atoms with Gasteiger partial charge < -0.3 is 9.13 Å². The van der Waals surface area contributed by atoms with Crippen molar-refractivity contribution < 1.29 is 4.79 Å². The predicted molar refractivity (Wildman–Crippen MR) is 154 cm³/mol. The van der Waals surface area contributed by atoms with Crippen molar-refractivity contribution in [3.8, 4) is 0 Å². The van der Waals surface area contributed by atoms with Crippen molar-refractivity contribution in [1.82, 2.24) is 28.8 Å². The number of allylic oxidation sites excluding steroid dienone is 9. The van der Waals surface area contributed by atoms with Crippen LogP contribution < -0.4 is 5.43 Å². The van der Waals surface area contributed by atoms with Gasteiger partial charge in [0, 0.05) is 25.5 Å². The molecule has 198 valence electrons. The molecule has 3 heterocycles. The maximum absolute atomic E-state index is 12.5. The van der Waals surface area contributed by atoms with E-state index in [4.69, 9.17) is 12.2 Å². The Bertz CT molecular complexity index is 1540. The molecule has 38 heavy (non-hydrogen) atoms. The number of aromatic nitrogens is 6. The Labute approximate surface area is 228 Å². The van der Waals surface area contributed by atoms with E-state index in [2.05, 4.69) is 64.8 Å². The molecule has 0 aromatic carbocycles. The average molecular weight is 530 g/mol. The minimum absolute atomic E-state index is 0.125. The Hall–Kier alpha value is -3.85. The van der Waals surface area contributed by atoms with Crippen molar-refractivity contribution in [2.24, 2.45) is 12.5 Å². The molecule has 1 atom stereocenters. The number of carbonyl (C=O) groups is 1. The first-order valence-electron chi connectivity index (χ1n) is 12.7. The molecule has 1 unspecified atom stereocenters. The highest BCUT2D eigenvalue weighted by Gasteiger charge is 2.32. The van der Waals surface area contributed by atoms with Crippen molar-refractivity contribution in [3.05, 3.63) is 94.8 Å². The first-order chi connectivity index (χ1) is 18.1. The van der Waals surface area contributed by atoms with Crippen molar-refractivity contribution in [2.45, 2.75) is 53.5 Å². The van der Waals surface area contributed by atoms with Crippen LogP contribution >= 0.6 is 12.2 Å². The maximum atomic E-state index is 12.5. The fourth-order valence-electron chi connectivity index (χ4n) is 4.86. The topological polar surface area (TPSA) is 82.6 Å². The summed E-state index contributed by atoms with van der Waals surface area (Å²) < 4.78 is 5.80. The number of imidazole rings is 2. The molecule has 3 aromatic rings. The van der Waals surface area contributed by atoms with E-state index in [1.807, 2.05) is 50.9 Å². The Balaban J connectivity index is 1.42. The Morgan fingerprint density at radius 2 is 1.95 bits per heavy atom. The summed E-state index contributed by atoms with van der Waals surface area (Å²) in [6, 6.07) is 0.352. The van der Waals surface area contributed by atoms with Crippen LogP contribution in [0, 0.1) is 10.1 Å². The highest BCUT2D eigenvalue weighted by molar-refractivity contribution is 7.71. The van der Waals surface area contributed by atoms with E-state index in [1.54, 1.807) is 10.9 Å². The molecular formula is C29H35N7OS. The van der Waals surface area contributed by atoms with Gasteiger partial charge in [-0.3, -0.25) is 10.2 Å². The van der Waals surface area contributed by atoms with Crippen LogP contribution in [-0.4, -0.2) is 34.7 Å². The van der Waals surface area contributed by atoms with Gasteiger partial charge in [-0.1, -0.05) is 62.0 Å². The van der Waals surface area contributed by atoms with Crippen LogP contribution in [0.5, 0.6) is 0 Å². The Morgan fingerprint density at radius 3 is 2.68 bits per heavy atom. The number of fused-ring (bicyclic) bond motifs is 1. The van der Waals surface area contributed by atoms with Gasteiger partial charge in [0.2, 0.25) is 0 Å². The number of carbonyl (C=O) groups excluding carboxylic acids is 1. The highest BCUT2D eigenvalue weighted by Crippen LogP contribution is 2.45. The lowest BCUT2D eigenvalue weighted by Gasteiger charge is -2.37. The van der Waals surface area contributed by atoms with Gasteiger partial charge in [0.25, 0.3) is 5.91 Å². The van der Waals surface area contributed by atoms with Crippen LogP contribution in [0.3, 0.4) is 0 Å². The molecule has 4 rings (SSSR count). The molecule has 0 bridgehead atoms. The fraction of sp³-hybridized carbons (Fsp3) is 0.345. The Morgan fingerprint density at radius 1 is 1.16 bits per heavy atom. The van der Waals surface area contributed by atoms with Crippen molar-refractivity contribution in [3.63, 3.8) is 0 Å². The molecule has 1 N–H and O–H groups in total. The molecule has 0 saturated carbocycles. The fourth-order valence-corrected chi connectivity index (χ4v) is 5.10. The molecule has 1 aliphatic carbocycles. The third-order valence-corrected chi connectivity index (χ3v) is 7.41. The third kappa shape index (κ3) is 5.99. The second kappa shape index (κ2) is 11.3. The van der Waals surface area contributed by atoms with E-state index < -0.39 is 0 Å². The van der Waals surface area contributed by atoms with Crippen molar-refractivity contribution in [1.29, 1.82) is 0 Å². The van der Waals surface area contributed by atoms with Crippen LogP contribution in [0.4, 0.5) is 0 Å². The number of nitrogens with one attached hydrogen (secondary N) is 1. The predicted octanol–water partition coefficient (Wildman–Crippen LogP) is 6.15. The van der Waals surface area contributed by atoms with Crippen LogP contribution in [0.25, 0.3) is 11.2 Å². The SMILES string of the molecule is CC(C=CC1=C(C)C(n2ccnc2)CCC1(C)C)=CC=CC(C)=CC(=O)Nn1cnc2c(ncn2C)c1=S. The number of hydrogen-bond donors (Lipinski definition) is 1. The minimum Gasteiger partial charge on any atom is -0.330 e. The molecule has 0 spiro atoms. The van der Waals surface area contributed by atoms with Crippen LogP contribution in [0.2, 0.25) is 0 Å². The first-order valence-corrected chi connectivity index (χ1v) is 13.1. The lowest BCUT2D eigenvalue weighted by Crippen LogP contribution is -2.25. The number of rotatable bonds is 7. The van der Waals surface area contributed by atoms with Gasteiger partial charge in [-0.25, -0.2) is 19.6 Å². The quantitative estimate of drug-likeness (QED) is 0.226. The second-order valence-electron chi connectivity index (χ2n) is 10.5. The summed E-state index contributed by atoms with van der Waals surface area (Å²) in [4.78, 5) is 25.3. The summed E-state index contributed by atoms with van der Waals surface area (Å²) in [7, 11) is 1.85. The van der Waals surface area contributed by atoms with E-state index in [0.717, 1.165) is 24.0 Å². The van der Waals surface area contributed by atoms with E-state index in [9.17, 15) is 4.79 Å². The lowest BCUT2D eigenvalue weighted by atomic mass is 9.71. The van der Waals surface area contributed by atoms with Crippen LogP contribution in [0.15, 0.2) is 90.1 Å². The van der Waals surface area contributed by atoms with Gasteiger partial charge in [0.15, 0.2) is 10.3 Å². The van der Waals surface area contributed by atoms with E-state index in [-0.39, 0.29) is 11.3 Å². The van der Waals surface area contributed by atoms with Gasteiger partial charge in [-0.15, -0.1) is 0 Å². The monoisotopic (exact) mass is 529 g/mol. The zero-order valence-electron chi connectivity index (χ0n) is 22.8. The number of nitrogens with zero attached hydrogens (tertiary/aromatic N) is 6. The van der Waals surface area contributed by atoms with Gasteiger partial charge >= 0.3 is 0 Å². The molecule has 3 aromatic heterocycles. The summed E-state index contributed by atoms with van der Waals surface area (Å²) in [5.41, 5.74) is 8.80. The van der Waals surface area contributed by atoms with Gasteiger partial charge in [-0.2, -0.15) is 0 Å². The molecule has 1 aliphatic rings. The zero-order chi connectivity index (χ0) is 27.4. The summed E-state index contributed by atoms with van der Waals surface area (Å²) in [5, 5.41) is 0. The zero-order valence-corrected chi connectivity index (χ0v) is 23.7. The largest absolute Gasteiger partial charge is 0.330 e.